The number of rotatable bonds is 4. The number of hydrogen-bond acceptors (Lipinski definition) is 5. The van der Waals surface area contributed by atoms with Gasteiger partial charge in [0.2, 0.25) is 11.8 Å². The lowest BCUT2D eigenvalue weighted by atomic mass is 9.91. The summed E-state index contributed by atoms with van der Waals surface area (Å²) in [6.45, 7) is 8.49. The third kappa shape index (κ3) is 4.35. The van der Waals surface area contributed by atoms with Crippen molar-refractivity contribution in [2.45, 2.75) is 46.1 Å². The molecule has 1 aromatic carbocycles. The number of amides is 2. The van der Waals surface area contributed by atoms with E-state index in [4.69, 9.17) is 9.15 Å². The highest BCUT2D eigenvalue weighted by molar-refractivity contribution is 5.79. The molecule has 2 aromatic rings. The lowest BCUT2D eigenvalue weighted by Crippen LogP contribution is -2.55. The molecule has 0 saturated carbocycles. The summed E-state index contributed by atoms with van der Waals surface area (Å²) in [4.78, 5) is 33.3. The van der Waals surface area contributed by atoms with E-state index < -0.39 is 0 Å². The molecule has 7 heteroatoms. The molecule has 0 bridgehead atoms. The van der Waals surface area contributed by atoms with Crippen LogP contribution in [0.3, 0.4) is 0 Å². The summed E-state index contributed by atoms with van der Waals surface area (Å²) in [5, 5.41) is 0. The minimum atomic E-state index is -0.231. The van der Waals surface area contributed by atoms with Gasteiger partial charge in [-0.3, -0.25) is 4.79 Å². The van der Waals surface area contributed by atoms with Crippen molar-refractivity contribution in [3.8, 4) is 11.5 Å². The monoisotopic (exact) mass is 411 g/mol. The Balaban J connectivity index is 1.35. The summed E-state index contributed by atoms with van der Waals surface area (Å²) in [5.74, 6) is 1.27. The first kappa shape index (κ1) is 20.4. The topological polar surface area (TPSA) is 75.9 Å². The first-order valence-corrected chi connectivity index (χ1v) is 10.6. The maximum Gasteiger partial charge on any atom is 0.410 e. The molecule has 160 valence electrons. The summed E-state index contributed by atoms with van der Waals surface area (Å²) >= 11 is 0. The second-order valence-electron chi connectivity index (χ2n) is 9.02. The number of cyclic esters (lactones) is 1. The van der Waals surface area contributed by atoms with Gasteiger partial charge in [0.1, 0.15) is 5.76 Å². The molecule has 3 heterocycles. The van der Waals surface area contributed by atoms with Gasteiger partial charge in [0.15, 0.2) is 0 Å². The molecule has 0 radical (unpaired) electrons. The maximum absolute atomic E-state index is 12.9. The highest BCUT2D eigenvalue weighted by Crippen LogP contribution is 2.28. The van der Waals surface area contributed by atoms with Crippen LogP contribution in [0.15, 0.2) is 34.7 Å². The van der Waals surface area contributed by atoms with Crippen LogP contribution in [0.25, 0.3) is 11.5 Å². The number of aromatic nitrogens is 1. The van der Waals surface area contributed by atoms with Crippen LogP contribution >= 0.6 is 0 Å². The van der Waals surface area contributed by atoms with Crippen molar-refractivity contribution >= 4 is 12.0 Å². The van der Waals surface area contributed by atoms with Gasteiger partial charge in [-0.05, 0) is 31.9 Å². The van der Waals surface area contributed by atoms with E-state index in [1.165, 1.54) is 0 Å². The molecule has 0 unspecified atom stereocenters. The number of likely N-dealkylation sites (tertiary alicyclic amines) is 1. The minimum absolute atomic E-state index is 0.0399. The summed E-state index contributed by atoms with van der Waals surface area (Å²) in [6.07, 6.45) is 1.53. The van der Waals surface area contributed by atoms with Crippen LogP contribution in [0.5, 0.6) is 0 Å². The number of nitrogens with zero attached hydrogens (tertiary/aromatic N) is 3. The van der Waals surface area contributed by atoms with Crippen LogP contribution in [0.2, 0.25) is 0 Å². The Hall–Kier alpha value is -2.83. The molecule has 0 aliphatic carbocycles. The van der Waals surface area contributed by atoms with Crippen LogP contribution in [-0.2, 0) is 16.0 Å². The largest absolute Gasteiger partial charge is 0.449 e. The van der Waals surface area contributed by atoms with Crippen LogP contribution in [0.4, 0.5) is 4.79 Å². The van der Waals surface area contributed by atoms with Crippen molar-refractivity contribution in [2.24, 2.45) is 5.41 Å². The van der Waals surface area contributed by atoms with E-state index in [1.807, 2.05) is 47.1 Å². The van der Waals surface area contributed by atoms with E-state index >= 15 is 0 Å². The van der Waals surface area contributed by atoms with Gasteiger partial charge >= 0.3 is 6.09 Å². The predicted octanol–water partition coefficient (Wildman–Crippen LogP) is 3.66. The zero-order valence-corrected chi connectivity index (χ0v) is 17.9. The number of benzene rings is 1. The fourth-order valence-corrected chi connectivity index (χ4v) is 4.17. The standard InChI is InChI=1S/C23H29N3O4/c1-16-19(24-21(30-16)17-7-5-4-6-8-17)13-20(27)25-11-9-18(10-12-25)26-14-23(2,3)15-29-22(26)28/h4-8,18H,9-15H2,1-3H3. The molecular formula is C23H29N3O4. The van der Waals surface area contributed by atoms with Gasteiger partial charge in [-0.15, -0.1) is 0 Å². The van der Waals surface area contributed by atoms with Crippen LogP contribution in [0, 0.1) is 12.3 Å². The number of ether oxygens (including phenoxy) is 1. The minimum Gasteiger partial charge on any atom is -0.449 e. The van der Waals surface area contributed by atoms with Crippen LogP contribution in [0.1, 0.15) is 38.1 Å². The Morgan fingerprint density at radius 2 is 1.90 bits per heavy atom. The lowest BCUT2D eigenvalue weighted by molar-refractivity contribution is -0.132. The smallest absolute Gasteiger partial charge is 0.410 e. The molecule has 2 aliphatic heterocycles. The van der Waals surface area contributed by atoms with E-state index in [0.717, 1.165) is 18.4 Å². The molecule has 0 N–H and O–H groups in total. The molecule has 0 spiro atoms. The fraction of sp³-hybridized carbons (Fsp3) is 0.522. The molecule has 2 amide bonds. The summed E-state index contributed by atoms with van der Waals surface area (Å²) in [5.41, 5.74) is 1.54. The Morgan fingerprint density at radius 1 is 1.20 bits per heavy atom. The zero-order valence-electron chi connectivity index (χ0n) is 17.9. The number of aryl methyl sites for hydroxylation is 1. The Bertz CT molecular complexity index is 914. The molecular weight excluding hydrogens is 382 g/mol. The quantitative estimate of drug-likeness (QED) is 0.767. The first-order valence-electron chi connectivity index (χ1n) is 10.6. The van der Waals surface area contributed by atoms with Crippen molar-refractivity contribution in [3.63, 3.8) is 0 Å². The SMILES string of the molecule is Cc1oc(-c2ccccc2)nc1CC(=O)N1CCC(N2CC(C)(C)COC2=O)CC1. The molecule has 30 heavy (non-hydrogen) atoms. The highest BCUT2D eigenvalue weighted by Gasteiger charge is 2.38. The number of hydrogen-bond donors (Lipinski definition) is 0. The van der Waals surface area contributed by atoms with Gasteiger partial charge in [-0.1, -0.05) is 32.0 Å². The number of oxazole rings is 1. The third-order valence-electron chi connectivity index (χ3n) is 5.91. The molecule has 4 rings (SSSR count). The maximum atomic E-state index is 12.9. The van der Waals surface area contributed by atoms with Gasteiger partial charge in [0.25, 0.3) is 0 Å². The van der Waals surface area contributed by atoms with Gasteiger partial charge in [-0.2, -0.15) is 0 Å². The van der Waals surface area contributed by atoms with Gasteiger partial charge in [0, 0.05) is 36.7 Å². The Kier molecular flexibility index (Phi) is 5.54. The summed E-state index contributed by atoms with van der Waals surface area (Å²) in [7, 11) is 0. The van der Waals surface area contributed by atoms with Crippen molar-refractivity contribution < 1.29 is 18.7 Å². The molecule has 1 aromatic heterocycles. The highest BCUT2D eigenvalue weighted by atomic mass is 16.6. The second-order valence-corrected chi connectivity index (χ2v) is 9.02. The van der Waals surface area contributed by atoms with Crippen molar-refractivity contribution in [1.29, 1.82) is 0 Å². The van der Waals surface area contributed by atoms with Crippen LogP contribution < -0.4 is 0 Å². The second kappa shape index (κ2) is 8.13. The van der Waals surface area contributed by atoms with Gasteiger partial charge in [-0.25, -0.2) is 9.78 Å². The number of piperidine rings is 1. The van der Waals surface area contributed by atoms with E-state index in [-0.39, 0.29) is 29.9 Å². The van der Waals surface area contributed by atoms with E-state index in [9.17, 15) is 9.59 Å². The first-order chi connectivity index (χ1) is 14.3. The fourth-order valence-electron chi connectivity index (χ4n) is 4.17. The number of carbonyl (C=O) groups excluding carboxylic acids is 2. The van der Waals surface area contributed by atoms with Crippen molar-refractivity contribution in [1.82, 2.24) is 14.8 Å². The molecule has 7 nitrogen and oxygen atoms in total. The lowest BCUT2D eigenvalue weighted by Gasteiger charge is -2.44. The molecule has 2 fully saturated rings. The van der Waals surface area contributed by atoms with E-state index in [1.54, 1.807) is 0 Å². The van der Waals surface area contributed by atoms with E-state index in [2.05, 4.69) is 18.8 Å². The molecule has 0 atom stereocenters. The molecule has 2 saturated heterocycles. The summed E-state index contributed by atoms with van der Waals surface area (Å²) < 4.78 is 11.1. The van der Waals surface area contributed by atoms with Crippen molar-refractivity contribution in [3.05, 3.63) is 41.8 Å². The normalized spacial score (nSPS) is 19.6. The average molecular weight is 412 g/mol. The molecule has 2 aliphatic rings. The third-order valence-corrected chi connectivity index (χ3v) is 5.91. The Labute approximate surface area is 177 Å². The number of carbonyl (C=O) groups is 2. The predicted molar refractivity (Wildman–Crippen MR) is 112 cm³/mol. The summed E-state index contributed by atoms with van der Waals surface area (Å²) in [6, 6.07) is 9.81. The van der Waals surface area contributed by atoms with Gasteiger partial charge in [0.05, 0.1) is 18.7 Å². The Morgan fingerprint density at radius 3 is 2.60 bits per heavy atom. The van der Waals surface area contributed by atoms with Crippen molar-refractivity contribution in [2.75, 3.05) is 26.2 Å². The van der Waals surface area contributed by atoms with Gasteiger partial charge < -0.3 is 19.0 Å². The van der Waals surface area contributed by atoms with Crippen LogP contribution in [-0.4, -0.2) is 59.1 Å². The zero-order chi connectivity index (χ0) is 21.3. The van der Waals surface area contributed by atoms with E-state index in [0.29, 0.717) is 43.6 Å². The average Bonchev–Trinajstić information content (AvgIpc) is 3.11.